The summed E-state index contributed by atoms with van der Waals surface area (Å²) in [5.74, 6) is -0.254. The number of nitrogens with one attached hydrogen (secondary N) is 2. The summed E-state index contributed by atoms with van der Waals surface area (Å²) in [6.07, 6.45) is 2.68. The van der Waals surface area contributed by atoms with Crippen LogP contribution in [0.1, 0.15) is 47.0 Å². The third-order valence-corrected chi connectivity index (χ3v) is 3.42. The van der Waals surface area contributed by atoms with Crippen LogP contribution in [0.2, 0.25) is 0 Å². The van der Waals surface area contributed by atoms with Crippen LogP contribution >= 0.6 is 0 Å². The summed E-state index contributed by atoms with van der Waals surface area (Å²) in [7, 11) is 0. The minimum absolute atomic E-state index is 0.0900. The lowest BCUT2D eigenvalue weighted by Crippen LogP contribution is -2.56. The highest BCUT2D eigenvalue weighted by Crippen LogP contribution is 2.40. The average molecular weight is 255 g/mol. The van der Waals surface area contributed by atoms with E-state index in [0.717, 1.165) is 19.3 Å². The number of rotatable bonds is 4. The molecule has 0 bridgehead atoms. The van der Waals surface area contributed by atoms with Gasteiger partial charge in [-0.25, -0.2) is 0 Å². The van der Waals surface area contributed by atoms with E-state index in [1.54, 1.807) is 6.92 Å². The highest BCUT2D eigenvalue weighted by atomic mass is 16.2. The van der Waals surface area contributed by atoms with Crippen LogP contribution in [0.4, 0.5) is 0 Å². The fourth-order valence-corrected chi connectivity index (χ4v) is 2.02. The fourth-order valence-electron chi connectivity index (χ4n) is 2.02. The lowest BCUT2D eigenvalue weighted by atomic mass is 9.68. The maximum Gasteiger partial charge on any atom is 0.242 e. The summed E-state index contributed by atoms with van der Waals surface area (Å²) < 4.78 is 0. The molecule has 2 amide bonds. The average Bonchev–Trinajstić information content (AvgIpc) is 2.13. The standard InChI is InChI=1S/C13H25N3O2/c1-9(10(17)16-12(2,3)4)15-11(18)13(8-14)6-5-7-13/h9H,5-8,14H2,1-4H3,(H,15,18)(H,16,17). The molecule has 1 saturated carbocycles. The second-order valence-electron chi connectivity index (χ2n) is 6.27. The van der Waals surface area contributed by atoms with Crippen molar-refractivity contribution in [1.29, 1.82) is 0 Å². The van der Waals surface area contributed by atoms with E-state index in [-0.39, 0.29) is 17.4 Å². The first-order valence-corrected chi connectivity index (χ1v) is 6.53. The van der Waals surface area contributed by atoms with Crippen molar-refractivity contribution in [2.45, 2.75) is 58.5 Å². The summed E-state index contributed by atoms with van der Waals surface area (Å²) in [6.45, 7) is 7.78. The van der Waals surface area contributed by atoms with Gasteiger partial charge >= 0.3 is 0 Å². The van der Waals surface area contributed by atoms with Gasteiger partial charge < -0.3 is 16.4 Å². The van der Waals surface area contributed by atoms with E-state index in [9.17, 15) is 9.59 Å². The van der Waals surface area contributed by atoms with Crippen LogP contribution in [0, 0.1) is 5.41 Å². The van der Waals surface area contributed by atoms with Crippen molar-refractivity contribution in [3.63, 3.8) is 0 Å². The summed E-state index contributed by atoms with van der Waals surface area (Å²) in [6, 6.07) is -0.527. The molecule has 5 nitrogen and oxygen atoms in total. The highest BCUT2D eigenvalue weighted by molar-refractivity contribution is 5.90. The highest BCUT2D eigenvalue weighted by Gasteiger charge is 2.43. The molecule has 18 heavy (non-hydrogen) atoms. The molecule has 4 N–H and O–H groups in total. The second kappa shape index (κ2) is 5.26. The zero-order valence-electron chi connectivity index (χ0n) is 11.8. The quantitative estimate of drug-likeness (QED) is 0.685. The first kappa shape index (κ1) is 15.0. The molecule has 0 saturated heterocycles. The maximum absolute atomic E-state index is 12.1. The van der Waals surface area contributed by atoms with Crippen LogP contribution < -0.4 is 16.4 Å². The van der Waals surface area contributed by atoms with Crippen molar-refractivity contribution in [1.82, 2.24) is 10.6 Å². The minimum Gasteiger partial charge on any atom is -0.350 e. The second-order valence-corrected chi connectivity index (χ2v) is 6.27. The Kier molecular flexibility index (Phi) is 4.37. The van der Waals surface area contributed by atoms with E-state index in [1.807, 2.05) is 20.8 Å². The molecule has 1 fully saturated rings. The van der Waals surface area contributed by atoms with Gasteiger partial charge in [-0.15, -0.1) is 0 Å². The largest absolute Gasteiger partial charge is 0.350 e. The van der Waals surface area contributed by atoms with Crippen molar-refractivity contribution >= 4 is 11.8 Å². The fraction of sp³-hybridized carbons (Fsp3) is 0.846. The molecule has 0 radical (unpaired) electrons. The van der Waals surface area contributed by atoms with E-state index < -0.39 is 11.5 Å². The molecule has 1 atom stereocenters. The molecule has 0 heterocycles. The van der Waals surface area contributed by atoms with E-state index in [0.29, 0.717) is 6.54 Å². The minimum atomic E-state index is -0.527. The SMILES string of the molecule is CC(NC(=O)C1(CN)CCC1)C(=O)NC(C)(C)C. The molecule has 1 aliphatic carbocycles. The predicted octanol–water partition coefficient (Wildman–Crippen LogP) is 0.535. The van der Waals surface area contributed by atoms with Crippen molar-refractivity contribution in [2.24, 2.45) is 11.1 Å². The van der Waals surface area contributed by atoms with E-state index >= 15 is 0 Å². The third-order valence-electron chi connectivity index (χ3n) is 3.42. The number of carbonyl (C=O) groups excluding carboxylic acids is 2. The predicted molar refractivity (Wildman–Crippen MR) is 70.8 cm³/mol. The van der Waals surface area contributed by atoms with Gasteiger partial charge in [-0.2, -0.15) is 0 Å². The Hall–Kier alpha value is -1.10. The number of carbonyl (C=O) groups is 2. The molecule has 1 rings (SSSR count). The van der Waals surface area contributed by atoms with Crippen LogP contribution in [-0.2, 0) is 9.59 Å². The monoisotopic (exact) mass is 255 g/mol. The van der Waals surface area contributed by atoms with Gasteiger partial charge in [0.25, 0.3) is 0 Å². The van der Waals surface area contributed by atoms with Gasteiger partial charge in [0.15, 0.2) is 0 Å². The Morgan fingerprint density at radius 3 is 2.22 bits per heavy atom. The summed E-state index contributed by atoms with van der Waals surface area (Å²) in [5, 5.41) is 5.61. The van der Waals surface area contributed by atoms with Crippen molar-refractivity contribution in [3.8, 4) is 0 Å². The molecule has 0 spiro atoms. The lowest BCUT2D eigenvalue weighted by molar-refractivity contribution is -0.138. The normalized spacial score (nSPS) is 19.6. The van der Waals surface area contributed by atoms with Crippen LogP contribution in [0.25, 0.3) is 0 Å². The molecule has 1 unspecified atom stereocenters. The summed E-state index contributed by atoms with van der Waals surface area (Å²) in [5.41, 5.74) is 4.93. The molecule has 0 aliphatic heterocycles. The van der Waals surface area contributed by atoms with Crippen LogP contribution in [0.15, 0.2) is 0 Å². The van der Waals surface area contributed by atoms with Gasteiger partial charge in [-0.05, 0) is 40.5 Å². The summed E-state index contributed by atoms with van der Waals surface area (Å²) in [4.78, 5) is 23.9. The van der Waals surface area contributed by atoms with Crippen molar-refractivity contribution < 1.29 is 9.59 Å². The van der Waals surface area contributed by atoms with Crippen LogP contribution in [0.3, 0.4) is 0 Å². The molecular formula is C13H25N3O2. The molecule has 5 heteroatoms. The molecular weight excluding hydrogens is 230 g/mol. The number of hydrogen-bond acceptors (Lipinski definition) is 3. The van der Waals surface area contributed by atoms with Gasteiger partial charge in [0.2, 0.25) is 11.8 Å². The molecule has 1 aliphatic rings. The Labute approximate surface area is 109 Å². The smallest absolute Gasteiger partial charge is 0.242 e. The van der Waals surface area contributed by atoms with Gasteiger partial charge in [0, 0.05) is 12.1 Å². The number of amides is 2. The van der Waals surface area contributed by atoms with E-state index in [1.165, 1.54) is 0 Å². The number of nitrogens with two attached hydrogens (primary N) is 1. The zero-order valence-corrected chi connectivity index (χ0v) is 11.8. The van der Waals surface area contributed by atoms with Gasteiger partial charge in [-0.3, -0.25) is 9.59 Å². The summed E-state index contributed by atoms with van der Waals surface area (Å²) >= 11 is 0. The van der Waals surface area contributed by atoms with Crippen LogP contribution in [0.5, 0.6) is 0 Å². The molecule has 104 valence electrons. The van der Waals surface area contributed by atoms with Crippen molar-refractivity contribution in [3.05, 3.63) is 0 Å². The van der Waals surface area contributed by atoms with Gasteiger partial charge in [-0.1, -0.05) is 6.42 Å². The van der Waals surface area contributed by atoms with E-state index in [2.05, 4.69) is 10.6 Å². The third kappa shape index (κ3) is 3.45. The lowest BCUT2D eigenvalue weighted by Gasteiger charge is -2.39. The van der Waals surface area contributed by atoms with E-state index in [4.69, 9.17) is 5.73 Å². The van der Waals surface area contributed by atoms with Crippen molar-refractivity contribution in [2.75, 3.05) is 6.54 Å². The Bertz CT molecular complexity index is 324. The first-order valence-electron chi connectivity index (χ1n) is 6.53. The van der Waals surface area contributed by atoms with Crippen LogP contribution in [-0.4, -0.2) is 29.9 Å². The molecule has 0 aromatic carbocycles. The zero-order chi connectivity index (χ0) is 14.0. The Morgan fingerprint density at radius 2 is 1.89 bits per heavy atom. The van der Waals surface area contributed by atoms with Gasteiger partial charge in [0.05, 0.1) is 5.41 Å². The first-order chi connectivity index (χ1) is 8.20. The molecule has 0 aromatic heterocycles. The topological polar surface area (TPSA) is 84.2 Å². The van der Waals surface area contributed by atoms with Gasteiger partial charge in [0.1, 0.15) is 6.04 Å². The molecule has 0 aromatic rings. The maximum atomic E-state index is 12.1. The Morgan fingerprint density at radius 1 is 1.33 bits per heavy atom. The number of hydrogen-bond donors (Lipinski definition) is 3. The Balaban J connectivity index is 2.52.